The average Bonchev–Trinajstić information content (AvgIpc) is 3.51. The fourth-order valence-corrected chi connectivity index (χ4v) is 4.02. The molecule has 0 unspecified atom stereocenters. The van der Waals surface area contributed by atoms with Crippen LogP contribution in [0.25, 0.3) is 33.8 Å². The molecule has 6 aromatic rings. The zero-order valence-electron chi connectivity index (χ0n) is 17.7. The minimum absolute atomic E-state index is 0.655. The maximum Gasteiger partial charge on any atom is 0.182 e. The molecule has 0 amide bonds. The summed E-state index contributed by atoms with van der Waals surface area (Å²) in [5.74, 6) is 0.655. The van der Waals surface area contributed by atoms with Crippen LogP contribution in [0, 0.1) is 13.8 Å². The predicted molar refractivity (Wildman–Crippen MR) is 122 cm³/mol. The number of para-hydroxylation sites is 1. The van der Waals surface area contributed by atoms with Crippen LogP contribution < -0.4 is 0 Å². The first-order valence-corrected chi connectivity index (χ1v) is 10.4. The van der Waals surface area contributed by atoms with Crippen molar-refractivity contribution in [2.75, 3.05) is 0 Å². The third-order valence-corrected chi connectivity index (χ3v) is 5.53. The molecule has 156 valence electrons. The Labute approximate surface area is 183 Å². The van der Waals surface area contributed by atoms with Crippen molar-refractivity contribution in [2.45, 2.75) is 20.4 Å². The lowest BCUT2D eigenvalue weighted by atomic mass is 10.1. The van der Waals surface area contributed by atoms with E-state index in [0.29, 0.717) is 12.4 Å². The predicted octanol–water partition coefficient (Wildman–Crippen LogP) is 3.99. The number of benzene rings is 2. The Kier molecular flexibility index (Phi) is 4.10. The van der Waals surface area contributed by atoms with Gasteiger partial charge in [-0.1, -0.05) is 36.4 Å². The Hall–Kier alpha value is -4.33. The van der Waals surface area contributed by atoms with Gasteiger partial charge in [0.2, 0.25) is 0 Å². The van der Waals surface area contributed by atoms with E-state index in [0.717, 1.165) is 44.9 Å². The van der Waals surface area contributed by atoms with Gasteiger partial charge in [-0.15, -0.1) is 5.10 Å². The van der Waals surface area contributed by atoms with Crippen molar-refractivity contribution in [1.29, 1.82) is 0 Å². The molecular formula is C24H20N8. The van der Waals surface area contributed by atoms with Crippen LogP contribution in [0.4, 0.5) is 0 Å². The van der Waals surface area contributed by atoms with E-state index in [1.165, 1.54) is 0 Å². The number of rotatable bonds is 4. The van der Waals surface area contributed by atoms with E-state index < -0.39 is 0 Å². The molecule has 0 aliphatic carbocycles. The molecule has 0 aliphatic heterocycles. The molecular weight excluding hydrogens is 400 g/mol. The summed E-state index contributed by atoms with van der Waals surface area (Å²) in [5, 5.41) is 14.6. The number of hydrogen-bond donors (Lipinski definition) is 0. The van der Waals surface area contributed by atoms with Gasteiger partial charge in [-0.3, -0.25) is 4.68 Å². The zero-order valence-corrected chi connectivity index (χ0v) is 17.7. The molecule has 0 atom stereocenters. The maximum atomic E-state index is 4.82. The molecule has 6 rings (SSSR count). The molecule has 4 aromatic heterocycles. The molecule has 0 saturated heterocycles. The van der Waals surface area contributed by atoms with Crippen molar-refractivity contribution >= 4 is 16.7 Å². The maximum absolute atomic E-state index is 4.82. The van der Waals surface area contributed by atoms with Crippen LogP contribution in [0.5, 0.6) is 0 Å². The quantitative estimate of drug-likeness (QED) is 0.431. The lowest BCUT2D eigenvalue weighted by Crippen LogP contribution is -2.04. The molecule has 0 saturated carbocycles. The summed E-state index contributed by atoms with van der Waals surface area (Å²) in [7, 11) is 0. The first-order valence-electron chi connectivity index (χ1n) is 10.4. The van der Waals surface area contributed by atoms with E-state index >= 15 is 0 Å². The van der Waals surface area contributed by atoms with Gasteiger partial charge in [-0.05, 0) is 43.7 Å². The van der Waals surface area contributed by atoms with Gasteiger partial charge >= 0.3 is 0 Å². The topological polar surface area (TPSA) is 78.7 Å². The van der Waals surface area contributed by atoms with E-state index in [2.05, 4.69) is 45.4 Å². The second kappa shape index (κ2) is 7.12. The fraction of sp³-hybridized carbons (Fsp3) is 0.125. The summed E-state index contributed by atoms with van der Waals surface area (Å²) >= 11 is 0. The van der Waals surface area contributed by atoms with Crippen LogP contribution in [-0.4, -0.2) is 39.1 Å². The number of hydrogen-bond acceptors (Lipinski definition) is 5. The standard InChI is InChI=1S/C24H20N8/c1-16-11-17(2)30(28-16)14-18-7-6-8-19(12-18)22-27-24-21-13-26-32(20-9-4-3-5-10-20)23(21)25-15-31(24)29-22/h3-13,15H,14H2,1-2H3. The van der Waals surface area contributed by atoms with E-state index in [-0.39, 0.29) is 0 Å². The Bertz CT molecular complexity index is 1570. The molecule has 0 radical (unpaired) electrons. The molecule has 0 spiro atoms. The molecule has 4 heterocycles. The first-order chi connectivity index (χ1) is 15.7. The van der Waals surface area contributed by atoms with Gasteiger partial charge in [-0.25, -0.2) is 19.2 Å². The van der Waals surface area contributed by atoms with Crippen LogP contribution in [0.15, 0.2) is 73.2 Å². The molecule has 0 aliphatic rings. The lowest BCUT2D eigenvalue weighted by Gasteiger charge is -2.05. The molecule has 8 heteroatoms. The molecule has 0 fully saturated rings. The van der Waals surface area contributed by atoms with Gasteiger partial charge in [0.25, 0.3) is 0 Å². The highest BCUT2D eigenvalue weighted by atomic mass is 15.3. The minimum Gasteiger partial charge on any atom is -0.265 e. The van der Waals surface area contributed by atoms with Gasteiger partial charge in [0.05, 0.1) is 29.5 Å². The molecule has 32 heavy (non-hydrogen) atoms. The van der Waals surface area contributed by atoms with E-state index in [4.69, 9.17) is 4.98 Å². The Morgan fingerprint density at radius 3 is 2.56 bits per heavy atom. The highest BCUT2D eigenvalue weighted by molar-refractivity contribution is 5.90. The summed E-state index contributed by atoms with van der Waals surface area (Å²) in [6.07, 6.45) is 3.48. The largest absolute Gasteiger partial charge is 0.265 e. The monoisotopic (exact) mass is 420 g/mol. The minimum atomic E-state index is 0.655. The molecule has 8 nitrogen and oxygen atoms in total. The van der Waals surface area contributed by atoms with E-state index in [1.807, 2.05) is 58.8 Å². The van der Waals surface area contributed by atoms with Crippen LogP contribution >= 0.6 is 0 Å². The second-order valence-electron chi connectivity index (χ2n) is 7.86. The van der Waals surface area contributed by atoms with Gasteiger partial charge in [0, 0.05) is 11.3 Å². The van der Waals surface area contributed by atoms with Gasteiger partial charge in [0.15, 0.2) is 17.1 Å². The highest BCUT2D eigenvalue weighted by Crippen LogP contribution is 2.23. The summed E-state index contributed by atoms with van der Waals surface area (Å²) in [4.78, 5) is 9.41. The van der Waals surface area contributed by atoms with Crippen molar-refractivity contribution in [3.63, 3.8) is 0 Å². The number of fused-ring (bicyclic) bond motifs is 3. The van der Waals surface area contributed by atoms with E-state index in [1.54, 1.807) is 17.0 Å². The van der Waals surface area contributed by atoms with Crippen molar-refractivity contribution in [2.24, 2.45) is 0 Å². The molecule has 0 bridgehead atoms. The van der Waals surface area contributed by atoms with Crippen LogP contribution in [-0.2, 0) is 6.54 Å². The van der Waals surface area contributed by atoms with Gasteiger partial charge < -0.3 is 0 Å². The van der Waals surface area contributed by atoms with Crippen LogP contribution in [0.2, 0.25) is 0 Å². The second-order valence-corrected chi connectivity index (χ2v) is 7.86. The zero-order chi connectivity index (χ0) is 21.7. The van der Waals surface area contributed by atoms with Crippen LogP contribution in [0.3, 0.4) is 0 Å². The summed E-state index contributed by atoms with van der Waals surface area (Å²) in [5.41, 5.74) is 6.70. The lowest BCUT2D eigenvalue weighted by molar-refractivity contribution is 0.659. The SMILES string of the molecule is Cc1cc(C)n(Cc2cccc(-c3nc4c5cnn(-c6ccccc6)c5ncn4n3)c2)n1. The highest BCUT2D eigenvalue weighted by Gasteiger charge is 2.15. The Balaban J connectivity index is 1.40. The van der Waals surface area contributed by atoms with Crippen LogP contribution in [0.1, 0.15) is 17.0 Å². The number of nitrogens with zero attached hydrogens (tertiary/aromatic N) is 8. The Morgan fingerprint density at radius 1 is 0.875 bits per heavy atom. The fourth-order valence-electron chi connectivity index (χ4n) is 4.02. The number of aryl methyl sites for hydroxylation is 2. The third kappa shape index (κ3) is 3.04. The third-order valence-electron chi connectivity index (χ3n) is 5.53. The summed E-state index contributed by atoms with van der Waals surface area (Å²) < 4.78 is 5.54. The normalized spacial score (nSPS) is 11.6. The van der Waals surface area contributed by atoms with Crippen molar-refractivity contribution in [3.05, 3.63) is 90.1 Å². The smallest absolute Gasteiger partial charge is 0.182 e. The van der Waals surface area contributed by atoms with E-state index in [9.17, 15) is 0 Å². The molecule has 0 N–H and O–H groups in total. The summed E-state index contributed by atoms with van der Waals surface area (Å²) in [6.45, 7) is 4.78. The average molecular weight is 420 g/mol. The Morgan fingerprint density at radius 2 is 1.75 bits per heavy atom. The van der Waals surface area contributed by atoms with Crippen molar-refractivity contribution < 1.29 is 0 Å². The molecule has 2 aromatic carbocycles. The van der Waals surface area contributed by atoms with Crippen molar-refractivity contribution in [1.82, 2.24) is 39.1 Å². The first kappa shape index (κ1) is 18.4. The number of aromatic nitrogens is 8. The van der Waals surface area contributed by atoms with Crippen molar-refractivity contribution in [3.8, 4) is 17.1 Å². The summed E-state index contributed by atoms with van der Waals surface area (Å²) in [6, 6.07) is 20.3. The van der Waals surface area contributed by atoms with Gasteiger partial charge in [0.1, 0.15) is 6.33 Å². The van der Waals surface area contributed by atoms with Gasteiger partial charge in [-0.2, -0.15) is 10.2 Å².